The number of hydrogen-bond acceptors (Lipinski definition) is 5. The van der Waals surface area contributed by atoms with Gasteiger partial charge >= 0.3 is 0 Å². The van der Waals surface area contributed by atoms with Crippen molar-refractivity contribution in [3.63, 3.8) is 0 Å². The molecule has 0 saturated carbocycles. The van der Waals surface area contributed by atoms with Gasteiger partial charge in [0.1, 0.15) is 13.2 Å². The molecule has 1 amide bonds. The third kappa shape index (κ3) is 3.08. The molecule has 2 aliphatic heterocycles. The molecule has 0 aliphatic carbocycles. The van der Waals surface area contributed by atoms with Gasteiger partial charge in [0.2, 0.25) is 12.7 Å². The molecular formula is C18H17NO5. The number of benzene rings is 2. The second-order valence-corrected chi connectivity index (χ2v) is 5.59. The number of anilines is 1. The van der Waals surface area contributed by atoms with E-state index in [9.17, 15) is 4.79 Å². The lowest BCUT2D eigenvalue weighted by Gasteiger charge is -2.18. The van der Waals surface area contributed by atoms with E-state index in [-0.39, 0.29) is 12.7 Å². The van der Waals surface area contributed by atoms with Gasteiger partial charge in [-0.05, 0) is 36.2 Å². The van der Waals surface area contributed by atoms with Crippen LogP contribution in [0.5, 0.6) is 23.0 Å². The van der Waals surface area contributed by atoms with Crippen molar-refractivity contribution in [2.24, 2.45) is 0 Å². The van der Waals surface area contributed by atoms with Gasteiger partial charge in [-0.15, -0.1) is 0 Å². The molecular weight excluding hydrogens is 310 g/mol. The van der Waals surface area contributed by atoms with Crippen LogP contribution in [0.1, 0.15) is 12.0 Å². The normalized spacial score (nSPS) is 14.3. The summed E-state index contributed by atoms with van der Waals surface area (Å²) in [4.78, 5) is 12.1. The number of ether oxygens (including phenoxy) is 4. The monoisotopic (exact) mass is 327 g/mol. The van der Waals surface area contributed by atoms with Crippen LogP contribution in [0.4, 0.5) is 5.69 Å². The summed E-state index contributed by atoms with van der Waals surface area (Å²) in [6.07, 6.45) is 1.01. The van der Waals surface area contributed by atoms with Gasteiger partial charge in [0.25, 0.3) is 0 Å². The summed E-state index contributed by atoms with van der Waals surface area (Å²) in [7, 11) is 0. The van der Waals surface area contributed by atoms with Crippen LogP contribution >= 0.6 is 0 Å². The maximum Gasteiger partial charge on any atom is 0.231 e. The molecule has 0 atom stereocenters. The van der Waals surface area contributed by atoms with Gasteiger partial charge in [0.05, 0.1) is 0 Å². The van der Waals surface area contributed by atoms with Crippen LogP contribution < -0.4 is 24.3 Å². The maximum atomic E-state index is 12.1. The molecule has 24 heavy (non-hydrogen) atoms. The average Bonchev–Trinajstić information content (AvgIpc) is 3.07. The Balaban J connectivity index is 1.35. The molecule has 0 spiro atoms. The second kappa shape index (κ2) is 6.31. The molecule has 0 fully saturated rings. The smallest absolute Gasteiger partial charge is 0.231 e. The third-order valence-electron chi connectivity index (χ3n) is 3.90. The van der Waals surface area contributed by atoms with Crippen molar-refractivity contribution in [3.05, 3.63) is 42.0 Å². The van der Waals surface area contributed by atoms with Crippen molar-refractivity contribution < 1.29 is 23.7 Å². The first-order chi connectivity index (χ1) is 11.8. The summed E-state index contributed by atoms with van der Waals surface area (Å²) >= 11 is 0. The predicted molar refractivity (Wildman–Crippen MR) is 86.9 cm³/mol. The van der Waals surface area contributed by atoms with E-state index in [1.165, 1.54) is 0 Å². The van der Waals surface area contributed by atoms with Crippen LogP contribution in [0.2, 0.25) is 0 Å². The zero-order chi connectivity index (χ0) is 16.4. The Hall–Kier alpha value is -2.89. The van der Waals surface area contributed by atoms with E-state index in [1.54, 1.807) is 18.2 Å². The van der Waals surface area contributed by atoms with Gasteiger partial charge in [0.15, 0.2) is 23.0 Å². The zero-order valence-corrected chi connectivity index (χ0v) is 13.0. The van der Waals surface area contributed by atoms with Gasteiger partial charge < -0.3 is 24.3 Å². The number of nitrogens with one attached hydrogen (secondary N) is 1. The minimum Gasteiger partial charge on any atom is -0.486 e. The average molecular weight is 327 g/mol. The Morgan fingerprint density at radius 1 is 0.875 bits per heavy atom. The molecule has 6 heteroatoms. The molecule has 6 nitrogen and oxygen atoms in total. The molecule has 1 N–H and O–H groups in total. The number of fused-ring (bicyclic) bond motifs is 2. The SMILES string of the molecule is O=C(CCc1ccc2c(c1)OCCO2)Nc1ccc2c(c1)OCO2. The van der Waals surface area contributed by atoms with E-state index in [0.29, 0.717) is 43.2 Å². The number of aryl methyl sites for hydroxylation is 1. The van der Waals surface area contributed by atoms with Crippen molar-refractivity contribution in [2.75, 3.05) is 25.3 Å². The van der Waals surface area contributed by atoms with Gasteiger partial charge in [-0.3, -0.25) is 4.79 Å². The van der Waals surface area contributed by atoms with Gasteiger partial charge in [-0.1, -0.05) is 6.07 Å². The fraction of sp³-hybridized carbons (Fsp3) is 0.278. The maximum absolute atomic E-state index is 12.1. The van der Waals surface area contributed by atoms with Crippen LogP contribution in [0.25, 0.3) is 0 Å². The summed E-state index contributed by atoms with van der Waals surface area (Å²) in [6, 6.07) is 11.1. The first kappa shape index (κ1) is 14.7. The largest absolute Gasteiger partial charge is 0.486 e. The molecule has 124 valence electrons. The molecule has 2 aromatic carbocycles. The number of carbonyl (C=O) groups is 1. The highest BCUT2D eigenvalue weighted by Gasteiger charge is 2.15. The minimum absolute atomic E-state index is 0.0521. The summed E-state index contributed by atoms with van der Waals surface area (Å²) in [5.41, 5.74) is 1.74. The topological polar surface area (TPSA) is 66.0 Å². The third-order valence-corrected chi connectivity index (χ3v) is 3.90. The van der Waals surface area contributed by atoms with Crippen molar-refractivity contribution in [3.8, 4) is 23.0 Å². The quantitative estimate of drug-likeness (QED) is 0.935. The van der Waals surface area contributed by atoms with E-state index in [0.717, 1.165) is 17.1 Å². The molecule has 2 aromatic rings. The summed E-state index contributed by atoms with van der Waals surface area (Å²) < 4.78 is 21.6. The standard InChI is InChI=1S/C18H17NO5/c20-18(19-13-3-5-15-17(10-13)24-11-23-15)6-2-12-1-4-14-16(9-12)22-8-7-21-14/h1,3-5,9-10H,2,6-8,11H2,(H,19,20). The van der Waals surface area contributed by atoms with E-state index in [4.69, 9.17) is 18.9 Å². The molecule has 2 aliphatic rings. The molecule has 4 rings (SSSR count). The highest BCUT2D eigenvalue weighted by molar-refractivity contribution is 5.91. The number of rotatable bonds is 4. The number of carbonyl (C=O) groups excluding carboxylic acids is 1. The van der Waals surface area contributed by atoms with E-state index in [2.05, 4.69) is 5.32 Å². The van der Waals surface area contributed by atoms with Gasteiger partial charge in [0, 0.05) is 18.2 Å². The van der Waals surface area contributed by atoms with Crippen LogP contribution in [-0.2, 0) is 11.2 Å². The van der Waals surface area contributed by atoms with Gasteiger partial charge in [-0.2, -0.15) is 0 Å². The predicted octanol–water partition coefficient (Wildman–Crippen LogP) is 2.76. The highest BCUT2D eigenvalue weighted by atomic mass is 16.7. The van der Waals surface area contributed by atoms with Crippen molar-refractivity contribution in [1.82, 2.24) is 0 Å². The molecule has 0 aromatic heterocycles. The Kier molecular flexibility index (Phi) is 3.86. The Morgan fingerprint density at radius 2 is 1.58 bits per heavy atom. The van der Waals surface area contributed by atoms with Crippen LogP contribution in [0.15, 0.2) is 36.4 Å². The summed E-state index contributed by atoms with van der Waals surface area (Å²) in [5.74, 6) is 2.80. The molecule has 2 heterocycles. The Bertz CT molecular complexity index is 774. The van der Waals surface area contributed by atoms with E-state index >= 15 is 0 Å². The van der Waals surface area contributed by atoms with Crippen molar-refractivity contribution in [2.45, 2.75) is 12.8 Å². The highest BCUT2D eigenvalue weighted by Crippen LogP contribution is 2.34. The molecule has 0 saturated heterocycles. The van der Waals surface area contributed by atoms with Gasteiger partial charge in [-0.25, -0.2) is 0 Å². The Labute approximate surface area is 139 Å². The van der Waals surface area contributed by atoms with Crippen LogP contribution in [0.3, 0.4) is 0 Å². The van der Waals surface area contributed by atoms with E-state index in [1.807, 2.05) is 18.2 Å². The van der Waals surface area contributed by atoms with Crippen LogP contribution in [0, 0.1) is 0 Å². The fourth-order valence-electron chi connectivity index (χ4n) is 2.70. The lowest BCUT2D eigenvalue weighted by atomic mass is 10.1. The lowest BCUT2D eigenvalue weighted by molar-refractivity contribution is -0.116. The first-order valence-corrected chi connectivity index (χ1v) is 7.86. The Morgan fingerprint density at radius 3 is 2.50 bits per heavy atom. The van der Waals surface area contributed by atoms with Crippen LogP contribution in [-0.4, -0.2) is 25.9 Å². The zero-order valence-electron chi connectivity index (χ0n) is 13.0. The molecule has 0 bridgehead atoms. The van der Waals surface area contributed by atoms with Crippen molar-refractivity contribution >= 4 is 11.6 Å². The summed E-state index contributed by atoms with van der Waals surface area (Å²) in [6.45, 7) is 1.35. The lowest BCUT2D eigenvalue weighted by Crippen LogP contribution is -2.15. The van der Waals surface area contributed by atoms with E-state index < -0.39 is 0 Å². The fourth-order valence-corrected chi connectivity index (χ4v) is 2.70. The second-order valence-electron chi connectivity index (χ2n) is 5.59. The van der Waals surface area contributed by atoms with Crippen molar-refractivity contribution in [1.29, 1.82) is 0 Å². The number of hydrogen-bond donors (Lipinski definition) is 1. The molecule has 0 radical (unpaired) electrons. The molecule has 0 unspecified atom stereocenters. The minimum atomic E-state index is -0.0521. The summed E-state index contributed by atoms with van der Waals surface area (Å²) in [5, 5.41) is 2.87. The number of amides is 1. The first-order valence-electron chi connectivity index (χ1n) is 7.86.